The second kappa shape index (κ2) is 13.3. The Kier molecular flexibility index (Phi) is 8.42. The number of aromatic nitrogens is 4. The second-order valence-electron chi connectivity index (χ2n) is 17.4. The van der Waals surface area contributed by atoms with Crippen molar-refractivity contribution in [3.8, 4) is 22.8 Å². The van der Waals surface area contributed by atoms with Crippen molar-refractivity contribution in [2.45, 2.75) is 88.5 Å². The molecule has 4 aliphatic carbocycles. The Labute approximate surface area is 310 Å². The molecule has 2 atom stereocenters. The summed E-state index contributed by atoms with van der Waals surface area (Å²) in [6, 6.07) is 17.9. The molecule has 3 saturated heterocycles. The van der Waals surface area contributed by atoms with Crippen LogP contribution in [0.2, 0.25) is 0 Å². The zero-order chi connectivity index (χ0) is 35.7. The zero-order valence-electron chi connectivity index (χ0n) is 30.5. The number of piperidine rings is 2. The fourth-order valence-electron chi connectivity index (χ4n) is 11.7. The van der Waals surface area contributed by atoms with Crippen molar-refractivity contribution in [3.63, 3.8) is 0 Å². The van der Waals surface area contributed by atoms with Crippen LogP contribution in [0.25, 0.3) is 22.3 Å². The quantitative estimate of drug-likeness (QED) is 0.214. The zero-order valence-corrected chi connectivity index (χ0v) is 30.5. The van der Waals surface area contributed by atoms with Crippen molar-refractivity contribution in [2.24, 2.45) is 23.2 Å². The summed E-state index contributed by atoms with van der Waals surface area (Å²) in [4.78, 5) is 29.1. The molecule has 4 aromatic rings. The number of alkyl halides is 1. The van der Waals surface area contributed by atoms with E-state index in [9.17, 15) is 4.79 Å². The number of rotatable bonds is 8. The third-order valence-corrected chi connectivity index (χ3v) is 13.9. The number of halogens is 1. The first kappa shape index (κ1) is 33.5. The maximum absolute atomic E-state index is 15.9. The van der Waals surface area contributed by atoms with Crippen LogP contribution in [0.15, 0.2) is 60.9 Å². The molecule has 10 nitrogen and oxygen atoms in total. The predicted octanol–water partition coefficient (Wildman–Crippen LogP) is 6.73. The summed E-state index contributed by atoms with van der Waals surface area (Å²) in [5, 5.41) is 5.85. The summed E-state index contributed by atoms with van der Waals surface area (Å²) in [5.74, 6) is 4.90. The number of para-hydroxylation sites is 1. The minimum absolute atomic E-state index is 0.0689. The first-order valence-corrected chi connectivity index (χ1v) is 20.1. The molecule has 1 amide bonds. The molecule has 0 spiro atoms. The van der Waals surface area contributed by atoms with Crippen LogP contribution >= 0.6 is 0 Å². The number of ether oxygens (including phenoxy) is 1. The highest BCUT2D eigenvalue weighted by Crippen LogP contribution is 2.61. The summed E-state index contributed by atoms with van der Waals surface area (Å²) in [6.07, 6.45) is 12.0. The average Bonchev–Trinajstić information content (AvgIpc) is 3.52. The van der Waals surface area contributed by atoms with Gasteiger partial charge in [-0.3, -0.25) is 14.6 Å². The summed E-state index contributed by atoms with van der Waals surface area (Å²) in [7, 11) is 0. The lowest BCUT2D eigenvalue weighted by Gasteiger charge is -2.57. The van der Waals surface area contributed by atoms with Crippen molar-refractivity contribution >= 4 is 22.8 Å². The average molecular weight is 719 g/mol. The van der Waals surface area contributed by atoms with Crippen LogP contribution in [-0.4, -0.2) is 97.9 Å². The number of hydrogen-bond acceptors (Lipinski definition) is 8. The monoisotopic (exact) mass is 718 g/mol. The maximum Gasteiger partial charge on any atom is 0.223 e. The van der Waals surface area contributed by atoms with Gasteiger partial charge in [0.05, 0.1) is 11.4 Å². The first-order chi connectivity index (χ1) is 25.9. The number of anilines is 1. The largest absolute Gasteiger partial charge is 0.457 e. The van der Waals surface area contributed by atoms with E-state index in [0.29, 0.717) is 24.3 Å². The molecule has 11 rings (SSSR count). The van der Waals surface area contributed by atoms with E-state index in [1.165, 1.54) is 44.9 Å². The molecule has 4 bridgehead atoms. The van der Waals surface area contributed by atoms with E-state index in [0.717, 1.165) is 110 Å². The summed E-state index contributed by atoms with van der Waals surface area (Å²) < 4.78 is 24.0. The topological polar surface area (TPSA) is 106 Å². The number of nitrogen functional groups attached to an aromatic ring is 1. The second-order valence-corrected chi connectivity index (χ2v) is 17.4. The lowest BCUT2D eigenvalue weighted by atomic mass is 9.49. The van der Waals surface area contributed by atoms with Crippen molar-refractivity contribution in [3.05, 3.63) is 60.9 Å². The number of nitrogens with zero attached hydrogens (tertiary/aromatic N) is 7. The Morgan fingerprint density at radius 3 is 2.15 bits per heavy atom. The van der Waals surface area contributed by atoms with Gasteiger partial charge in [0.2, 0.25) is 5.91 Å². The normalized spacial score (nSPS) is 30.9. The number of carbonyl (C=O) groups is 1. The molecule has 2 aromatic heterocycles. The third kappa shape index (κ3) is 6.27. The molecule has 7 aliphatic rings. The van der Waals surface area contributed by atoms with E-state index in [2.05, 4.69) is 24.7 Å². The van der Waals surface area contributed by atoms with Crippen molar-refractivity contribution in [1.29, 1.82) is 0 Å². The van der Waals surface area contributed by atoms with Gasteiger partial charge in [-0.05, 0) is 117 Å². The number of benzene rings is 2. The highest BCUT2D eigenvalue weighted by molar-refractivity contribution is 5.98. The Hall–Kier alpha value is -4.09. The molecule has 11 heteroatoms. The van der Waals surface area contributed by atoms with E-state index in [1.54, 1.807) is 0 Å². The Morgan fingerprint density at radius 2 is 1.47 bits per heavy atom. The molecule has 7 fully saturated rings. The molecule has 5 heterocycles. The maximum atomic E-state index is 15.9. The fourth-order valence-corrected chi connectivity index (χ4v) is 11.7. The van der Waals surface area contributed by atoms with Crippen molar-refractivity contribution in [2.75, 3.05) is 45.0 Å². The smallest absolute Gasteiger partial charge is 0.223 e. The van der Waals surface area contributed by atoms with Crippen LogP contribution < -0.4 is 10.5 Å². The van der Waals surface area contributed by atoms with Crippen LogP contribution in [0.4, 0.5) is 10.2 Å². The molecule has 2 unspecified atom stereocenters. The summed E-state index contributed by atoms with van der Waals surface area (Å²) in [5.41, 5.74) is 9.12. The molecule has 278 valence electrons. The van der Waals surface area contributed by atoms with E-state index >= 15 is 4.39 Å². The van der Waals surface area contributed by atoms with E-state index in [-0.39, 0.29) is 17.5 Å². The lowest BCUT2D eigenvalue weighted by Crippen LogP contribution is -2.65. The molecular formula is C42H51FN8O2. The molecular weight excluding hydrogens is 668 g/mol. The summed E-state index contributed by atoms with van der Waals surface area (Å²) >= 11 is 0. The SMILES string of the molecule is Nc1ncnc2c1c(-c1ccc(Oc3ccccc3)cc1)nn2C1CCN(C2CCN(C3CN(C(=O)CC45CC6CC(CC(C6)C4)C5)C3)CC2F)CC1. The van der Waals surface area contributed by atoms with Gasteiger partial charge in [0, 0.05) is 63.3 Å². The molecule has 2 N–H and O–H groups in total. The molecule has 53 heavy (non-hydrogen) atoms. The number of likely N-dealkylation sites (tertiary alicyclic amines) is 3. The van der Waals surface area contributed by atoms with Crippen molar-refractivity contribution < 1.29 is 13.9 Å². The van der Waals surface area contributed by atoms with Crippen LogP contribution in [-0.2, 0) is 4.79 Å². The first-order valence-electron chi connectivity index (χ1n) is 20.1. The fraction of sp³-hybridized carbons (Fsp3) is 0.571. The number of hydrogen-bond donors (Lipinski definition) is 1. The van der Waals surface area contributed by atoms with Gasteiger partial charge >= 0.3 is 0 Å². The highest BCUT2D eigenvalue weighted by atomic mass is 19.1. The van der Waals surface area contributed by atoms with Gasteiger partial charge < -0.3 is 15.4 Å². The number of amides is 1. The van der Waals surface area contributed by atoms with Gasteiger partial charge in [-0.25, -0.2) is 19.0 Å². The van der Waals surface area contributed by atoms with Crippen LogP contribution in [0, 0.1) is 23.2 Å². The van der Waals surface area contributed by atoms with Crippen LogP contribution in [0.3, 0.4) is 0 Å². The van der Waals surface area contributed by atoms with E-state index in [1.807, 2.05) is 59.3 Å². The minimum atomic E-state index is -0.893. The third-order valence-electron chi connectivity index (χ3n) is 13.9. The van der Waals surface area contributed by atoms with Gasteiger partial charge in [-0.15, -0.1) is 0 Å². The van der Waals surface area contributed by atoms with E-state index in [4.69, 9.17) is 15.6 Å². The number of carbonyl (C=O) groups excluding carboxylic acids is 1. The molecule has 3 aliphatic heterocycles. The van der Waals surface area contributed by atoms with Gasteiger partial charge in [-0.1, -0.05) is 18.2 Å². The van der Waals surface area contributed by atoms with Gasteiger partial charge in [-0.2, -0.15) is 5.10 Å². The van der Waals surface area contributed by atoms with Crippen LogP contribution in [0.1, 0.15) is 70.3 Å². The van der Waals surface area contributed by atoms with Gasteiger partial charge in [0.15, 0.2) is 5.65 Å². The molecule has 4 saturated carbocycles. The van der Waals surface area contributed by atoms with E-state index < -0.39 is 6.17 Å². The van der Waals surface area contributed by atoms with Gasteiger partial charge in [0.25, 0.3) is 0 Å². The van der Waals surface area contributed by atoms with Crippen molar-refractivity contribution in [1.82, 2.24) is 34.4 Å². The standard InChI is InChI=1S/C42H51FN8O2/c43-35-25-49(32-23-50(24-32)37(52)22-42-19-27-16-28(20-42)18-29(17-27)21-42)15-12-36(35)48-13-10-31(11-14-48)51-41-38(40(44)45-26-46-41)39(47-51)30-6-8-34(9-7-30)53-33-4-2-1-3-5-33/h1-9,26-29,31-32,35-36H,10-25H2,(H2,44,45,46). The number of fused-ring (bicyclic) bond motifs is 1. The number of nitrogens with two attached hydrogens (primary N) is 1. The molecule has 0 radical (unpaired) electrons. The molecule has 2 aromatic carbocycles. The Balaban J connectivity index is 0.742. The van der Waals surface area contributed by atoms with Gasteiger partial charge in [0.1, 0.15) is 35.5 Å². The lowest BCUT2D eigenvalue weighted by molar-refractivity contribution is -0.147. The Morgan fingerprint density at radius 1 is 0.811 bits per heavy atom. The minimum Gasteiger partial charge on any atom is -0.457 e. The predicted molar refractivity (Wildman–Crippen MR) is 202 cm³/mol. The highest BCUT2D eigenvalue weighted by Gasteiger charge is 2.52. The summed E-state index contributed by atoms with van der Waals surface area (Å²) in [6.45, 7) is 4.53. The Bertz CT molecular complexity index is 1920. The van der Waals surface area contributed by atoms with Crippen LogP contribution in [0.5, 0.6) is 11.5 Å².